The minimum absolute atomic E-state index is 0.0146. The number of nitrogens with one attached hydrogen (secondary N) is 1. The minimum atomic E-state index is -2.02. The first kappa shape index (κ1) is 14.2. The molecule has 0 aromatic carbocycles. The van der Waals surface area contributed by atoms with E-state index in [1.54, 1.807) is 6.92 Å². The molecule has 4 aliphatic carbocycles. The molecule has 2 unspecified atom stereocenters. The lowest BCUT2D eigenvalue weighted by atomic mass is 9.75. The lowest BCUT2D eigenvalue weighted by Crippen LogP contribution is -2.40. The van der Waals surface area contributed by atoms with Crippen LogP contribution in [0.5, 0.6) is 0 Å². The second-order valence-corrected chi connectivity index (χ2v) is 8.57. The minimum Gasteiger partial charge on any atom is -0.336 e. The number of aromatic amines is 1. The van der Waals surface area contributed by atoms with Crippen LogP contribution in [0.4, 0.5) is 0 Å². The van der Waals surface area contributed by atoms with Crippen LogP contribution in [0, 0.1) is 17.8 Å². The Balaban J connectivity index is 1.76. The van der Waals surface area contributed by atoms with Gasteiger partial charge in [0.25, 0.3) is 5.56 Å². The second-order valence-electron chi connectivity index (χ2n) is 8.57. The molecule has 4 fully saturated rings. The summed E-state index contributed by atoms with van der Waals surface area (Å²) in [5.74, 6) is 2.99. The molecule has 6 nitrogen and oxygen atoms in total. The third kappa shape index (κ3) is 2.01. The Morgan fingerprint density at radius 2 is 1.88 bits per heavy atom. The number of nitrogens with zero attached hydrogens (tertiary/aromatic N) is 3. The monoisotopic (exact) mass is 358 g/mol. The second kappa shape index (κ2) is 5.57. The summed E-state index contributed by atoms with van der Waals surface area (Å²) in [5, 5.41) is 0. The molecule has 4 bridgehead atoms. The van der Waals surface area contributed by atoms with Gasteiger partial charge in [-0.15, -0.1) is 0 Å². The summed E-state index contributed by atoms with van der Waals surface area (Å²) >= 11 is 0. The molecule has 0 radical (unpaired) electrons. The summed E-state index contributed by atoms with van der Waals surface area (Å²) in [4.78, 5) is 34.3. The fraction of sp³-hybridized carbons (Fsp3) is 0.750. The van der Waals surface area contributed by atoms with Gasteiger partial charge in [0.15, 0.2) is 5.65 Å². The van der Waals surface area contributed by atoms with Gasteiger partial charge < -0.3 is 4.98 Å². The normalized spacial score (nSPS) is 33.8. The standard InChI is InChI=1S/C20H28N4O2/c1-3-5-23-16-15(17(25)24(6-4-2)19(23)26)21-18(22-16)20-10-12-7-13(11-20)9-14(20)8-12/h12-14H,3-11H2,1-2H3,(H,21,22)/i6D2. The van der Waals surface area contributed by atoms with Crippen molar-refractivity contribution < 1.29 is 2.74 Å². The molecule has 2 aromatic rings. The molecule has 4 saturated carbocycles. The van der Waals surface area contributed by atoms with E-state index in [1.807, 2.05) is 6.92 Å². The lowest BCUT2D eigenvalue weighted by molar-refractivity contribution is 0.262. The fourth-order valence-electron chi connectivity index (χ4n) is 6.26. The molecule has 4 aliphatic rings. The van der Waals surface area contributed by atoms with E-state index < -0.39 is 17.7 Å². The predicted octanol–water partition coefficient (Wildman–Crippen LogP) is 2.78. The lowest BCUT2D eigenvalue weighted by Gasteiger charge is -2.30. The van der Waals surface area contributed by atoms with Gasteiger partial charge in [-0.2, -0.15) is 0 Å². The van der Waals surface area contributed by atoms with E-state index >= 15 is 0 Å². The molecular weight excluding hydrogens is 328 g/mol. The Bertz CT molecular complexity index is 1050. The van der Waals surface area contributed by atoms with Crippen LogP contribution < -0.4 is 11.2 Å². The van der Waals surface area contributed by atoms with E-state index in [0.717, 1.165) is 35.1 Å². The summed E-state index contributed by atoms with van der Waals surface area (Å²) in [6.45, 7) is 2.01. The molecular formula is C20H28N4O2. The number of fused-ring (bicyclic) bond motifs is 1. The van der Waals surface area contributed by atoms with Crippen molar-refractivity contribution in [3.63, 3.8) is 0 Å². The van der Waals surface area contributed by atoms with E-state index in [9.17, 15) is 9.59 Å². The van der Waals surface area contributed by atoms with Gasteiger partial charge in [0, 0.05) is 18.5 Å². The van der Waals surface area contributed by atoms with Gasteiger partial charge in [0.05, 0.1) is 2.74 Å². The maximum Gasteiger partial charge on any atom is 0.332 e. The van der Waals surface area contributed by atoms with Crippen molar-refractivity contribution in [2.75, 3.05) is 0 Å². The van der Waals surface area contributed by atoms with Gasteiger partial charge in [-0.1, -0.05) is 13.8 Å². The Morgan fingerprint density at radius 1 is 1.15 bits per heavy atom. The van der Waals surface area contributed by atoms with E-state index in [2.05, 4.69) is 4.98 Å². The highest BCUT2D eigenvalue weighted by Crippen LogP contribution is 2.65. The van der Waals surface area contributed by atoms with Crippen LogP contribution in [0.25, 0.3) is 11.2 Å². The molecule has 140 valence electrons. The number of imidazole rings is 1. The average molecular weight is 358 g/mol. The number of rotatable bonds is 5. The highest BCUT2D eigenvalue weighted by molar-refractivity contribution is 5.70. The van der Waals surface area contributed by atoms with E-state index in [1.165, 1.54) is 23.8 Å². The zero-order chi connectivity index (χ0) is 19.8. The smallest absolute Gasteiger partial charge is 0.332 e. The fourth-order valence-corrected chi connectivity index (χ4v) is 6.26. The molecule has 1 N–H and O–H groups in total. The van der Waals surface area contributed by atoms with E-state index in [4.69, 9.17) is 7.73 Å². The van der Waals surface area contributed by atoms with Gasteiger partial charge in [0.1, 0.15) is 11.3 Å². The molecule has 2 atom stereocenters. The van der Waals surface area contributed by atoms with Crippen molar-refractivity contribution >= 4 is 11.2 Å². The summed E-state index contributed by atoms with van der Waals surface area (Å²) in [6.07, 6.45) is 6.82. The highest BCUT2D eigenvalue weighted by atomic mass is 16.2. The molecule has 26 heavy (non-hydrogen) atoms. The van der Waals surface area contributed by atoms with E-state index in [-0.39, 0.29) is 17.4 Å². The van der Waals surface area contributed by atoms with Gasteiger partial charge >= 0.3 is 5.69 Å². The van der Waals surface area contributed by atoms with Crippen LogP contribution in [-0.2, 0) is 18.5 Å². The van der Waals surface area contributed by atoms with Crippen molar-refractivity contribution in [2.24, 2.45) is 17.8 Å². The van der Waals surface area contributed by atoms with Crippen molar-refractivity contribution in [2.45, 2.75) is 77.2 Å². The van der Waals surface area contributed by atoms with Crippen molar-refractivity contribution in [3.8, 4) is 0 Å². The largest absolute Gasteiger partial charge is 0.336 e. The maximum atomic E-state index is 13.1. The highest BCUT2D eigenvalue weighted by Gasteiger charge is 2.59. The molecule has 0 aliphatic heterocycles. The van der Waals surface area contributed by atoms with Crippen molar-refractivity contribution in [3.05, 3.63) is 26.7 Å². The number of hydrogen-bond acceptors (Lipinski definition) is 3. The molecule has 0 saturated heterocycles. The van der Waals surface area contributed by atoms with Crippen molar-refractivity contribution in [1.29, 1.82) is 0 Å². The van der Waals surface area contributed by atoms with Gasteiger partial charge in [-0.25, -0.2) is 9.78 Å². The van der Waals surface area contributed by atoms with Gasteiger partial charge in [-0.05, 0) is 62.7 Å². The number of aromatic nitrogens is 4. The van der Waals surface area contributed by atoms with Crippen LogP contribution in [-0.4, -0.2) is 19.1 Å². The van der Waals surface area contributed by atoms with Crippen LogP contribution in [0.1, 0.15) is 67.4 Å². The summed E-state index contributed by atoms with van der Waals surface area (Å²) in [5.41, 5.74) is -0.497. The van der Waals surface area contributed by atoms with Crippen LogP contribution in [0.15, 0.2) is 9.59 Å². The Morgan fingerprint density at radius 3 is 2.54 bits per heavy atom. The zero-order valence-corrected chi connectivity index (χ0v) is 15.5. The molecule has 0 spiro atoms. The molecule has 0 amide bonds. The van der Waals surface area contributed by atoms with Crippen LogP contribution in [0.2, 0.25) is 0 Å². The first-order valence-corrected chi connectivity index (χ1v) is 10.1. The Kier molecular flexibility index (Phi) is 3.05. The first-order chi connectivity index (χ1) is 13.3. The first-order valence-electron chi connectivity index (χ1n) is 11.1. The SMILES string of the molecule is [2H]C([2H])(CC)n1c(=O)c2[nH]c(C34CC5CC(CC3C5)C4)nc2n(CCC)c1=O. The number of H-pyrrole nitrogens is 1. The quantitative estimate of drug-likeness (QED) is 0.893. The average Bonchev–Trinajstić information content (AvgIpc) is 3.27. The maximum absolute atomic E-state index is 13.1. The summed E-state index contributed by atoms with van der Waals surface area (Å²) < 4.78 is 18.7. The molecule has 2 aromatic heterocycles. The topological polar surface area (TPSA) is 72.7 Å². The predicted molar refractivity (Wildman–Crippen MR) is 100 cm³/mol. The summed E-state index contributed by atoms with van der Waals surface area (Å²) in [6, 6.07) is 0. The third-order valence-electron chi connectivity index (χ3n) is 7.00. The molecule has 6 rings (SSSR count). The van der Waals surface area contributed by atoms with E-state index in [0.29, 0.717) is 24.5 Å². The molecule has 2 heterocycles. The Hall–Kier alpha value is -1.85. The number of hydrogen-bond donors (Lipinski definition) is 1. The van der Waals surface area contributed by atoms with Crippen molar-refractivity contribution in [1.82, 2.24) is 19.1 Å². The third-order valence-corrected chi connectivity index (χ3v) is 7.00. The van der Waals surface area contributed by atoms with Gasteiger partial charge in [-0.3, -0.25) is 13.9 Å². The van der Waals surface area contributed by atoms with Crippen LogP contribution >= 0.6 is 0 Å². The zero-order valence-electron chi connectivity index (χ0n) is 17.5. The Labute approximate surface area is 155 Å². The summed E-state index contributed by atoms with van der Waals surface area (Å²) in [7, 11) is 0. The van der Waals surface area contributed by atoms with Crippen LogP contribution in [0.3, 0.4) is 0 Å². The van der Waals surface area contributed by atoms with Gasteiger partial charge in [0.2, 0.25) is 0 Å². The number of aryl methyl sites for hydroxylation is 1. The molecule has 6 heteroatoms.